The molecule has 0 bridgehead atoms. The summed E-state index contributed by atoms with van der Waals surface area (Å²) in [6.45, 7) is 5.52. The first kappa shape index (κ1) is 18.4. The highest BCUT2D eigenvalue weighted by atomic mass is 35.5. The molecule has 2 N–H and O–H groups in total. The number of anilines is 2. The average Bonchev–Trinajstić information content (AvgIpc) is 2.62. The lowest BCUT2D eigenvalue weighted by molar-refractivity contribution is -0.892. The SMILES string of the molecule is CC(=O)c1cccc(NC(=O)C[NH+]2CCN(c3cccc(Cl)c3)CC2)c1. The monoisotopic (exact) mass is 372 g/mol. The van der Waals surface area contributed by atoms with Crippen LogP contribution in [0.4, 0.5) is 11.4 Å². The molecule has 0 radical (unpaired) electrons. The fraction of sp³-hybridized carbons (Fsp3) is 0.300. The maximum atomic E-state index is 12.3. The number of nitrogens with one attached hydrogen (secondary N) is 2. The molecule has 0 aromatic heterocycles. The lowest BCUT2D eigenvalue weighted by Crippen LogP contribution is -3.15. The van der Waals surface area contributed by atoms with E-state index in [9.17, 15) is 9.59 Å². The predicted molar refractivity (Wildman–Crippen MR) is 104 cm³/mol. The quantitative estimate of drug-likeness (QED) is 0.788. The van der Waals surface area contributed by atoms with Crippen molar-refractivity contribution >= 4 is 34.7 Å². The van der Waals surface area contributed by atoms with E-state index in [4.69, 9.17) is 11.6 Å². The number of halogens is 1. The molecule has 5 nitrogen and oxygen atoms in total. The molecular formula is C20H23ClN3O2+. The van der Waals surface area contributed by atoms with Crippen LogP contribution < -0.4 is 15.1 Å². The Labute approximate surface area is 158 Å². The van der Waals surface area contributed by atoms with Crippen molar-refractivity contribution in [1.29, 1.82) is 0 Å². The number of rotatable bonds is 5. The number of piperazine rings is 1. The summed E-state index contributed by atoms with van der Waals surface area (Å²) in [6, 6.07) is 14.9. The maximum absolute atomic E-state index is 12.3. The van der Waals surface area contributed by atoms with Gasteiger partial charge >= 0.3 is 0 Å². The number of carbonyl (C=O) groups excluding carboxylic acids is 2. The highest BCUT2D eigenvalue weighted by Gasteiger charge is 2.22. The second-order valence-electron chi connectivity index (χ2n) is 6.58. The zero-order valence-corrected chi connectivity index (χ0v) is 15.6. The molecule has 1 amide bonds. The van der Waals surface area contributed by atoms with Crippen molar-refractivity contribution in [2.45, 2.75) is 6.92 Å². The van der Waals surface area contributed by atoms with Crippen LogP contribution >= 0.6 is 11.6 Å². The Bertz CT molecular complexity index is 801. The molecule has 1 saturated heterocycles. The van der Waals surface area contributed by atoms with E-state index in [2.05, 4.69) is 16.3 Å². The summed E-state index contributed by atoms with van der Waals surface area (Å²) in [5, 5.41) is 3.63. The Morgan fingerprint density at radius 2 is 1.85 bits per heavy atom. The van der Waals surface area contributed by atoms with Crippen LogP contribution in [-0.4, -0.2) is 44.4 Å². The van der Waals surface area contributed by atoms with Gasteiger partial charge in [-0.3, -0.25) is 9.59 Å². The second kappa shape index (κ2) is 8.34. The number of hydrogen-bond donors (Lipinski definition) is 2. The van der Waals surface area contributed by atoms with Gasteiger partial charge in [0.05, 0.1) is 26.2 Å². The molecule has 136 valence electrons. The van der Waals surface area contributed by atoms with E-state index in [0.29, 0.717) is 17.8 Å². The molecule has 0 atom stereocenters. The van der Waals surface area contributed by atoms with Gasteiger partial charge in [0.2, 0.25) is 0 Å². The molecule has 0 aliphatic carbocycles. The number of ketones is 1. The van der Waals surface area contributed by atoms with Crippen molar-refractivity contribution in [3.05, 3.63) is 59.1 Å². The Morgan fingerprint density at radius 3 is 2.54 bits per heavy atom. The topological polar surface area (TPSA) is 53.9 Å². The molecule has 2 aromatic carbocycles. The van der Waals surface area contributed by atoms with Gasteiger partial charge in [-0.2, -0.15) is 0 Å². The Kier molecular flexibility index (Phi) is 5.91. The minimum atomic E-state index is -0.0306. The van der Waals surface area contributed by atoms with Crippen LogP contribution in [0.2, 0.25) is 5.02 Å². The van der Waals surface area contributed by atoms with E-state index >= 15 is 0 Å². The third kappa shape index (κ3) is 4.84. The normalized spacial score (nSPS) is 14.9. The molecular weight excluding hydrogens is 350 g/mol. The fourth-order valence-electron chi connectivity index (χ4n) is 3.18. The molecule has 26 heavy (non-hydrogen) atoms. The van der Waals surface area contributed by atoms with Crippen LogP contribution in [-0.2, 0) is 4.79 Å². The van der Waals surface area contributed by atoms with Gasteiger partial charge in [-0.15, -0.1) is 0 Å². The van der Waals surface area contributed by atoms with Gasteiger partial charge in [-0.05, 0) is 37.3 Å². The zero-order chi connectivity index (χ0) is 18.5. The van der Waals surface area contributed by atoms with Crippen LogP contribution in [0.5, 0.6) is 0 Å². The number of carbonyl (C=O) groups is 2. The number of Topliss-reactive ketones (excluding diaryl/α,β-unsaturated/α-hetero) is 1. The number of nitrogens with zero attached hydrogens (tertiary/aromatic N) is 1. The van der Waals surface area contributed by atoms with Crippen molar-refractivity contribution in [3.8, 4) is 0 Å². The minimum absolute atomic E-state index is 0.0103. The van der Waals surface area contributed by atoms with Crippen LogP contribution in [0.1, 0.15) is 17.3 Å². The fourth-order valence-corrected chi connectivity index (χ4v) is 3.36. The standard InChI is InChI=1S/C20H22ClN3O2/c1-15(25)16-4-2-6-18(12-16)22-20(26)14-23-8-10-24(11-9-23)19-7-3-5-17(21)13-19/h2-7,12-13H,8-11,14H2,1H3,(H,22,26)/p+1. The van der Waals surface area contributed by atoms with E-state index in [1.807, 2.05) is 18.2 Å². The Morgan fingerprint density at radius 1 is 1.12 bits per heavy atom. The van der Waals surface area contributed by atoms with Crippen LogP contribution in [0.25, 0.3) is 0 Å². The number of hydrogen-bond acceptors (Lipinski definition) is 3. The van der Waals surface area contributed by atoms with Gasteiger partial charge in [0, 0.05) is 22.0 Å². The second-order valence-corrected chi connectivity index (χ2v) is 7.02. The van der Waals surface area contributed by atoms with E-state index in [1.165, 1.54) is 11.8 Å². The van der Waals surface area contributed by atoms with Gasteiger partial charge in [-0.25, -0.2) is 0 Å². The van der Waals surface area contributed by atoms with Gasteiger partial charge in [0.1, 0.15) is 0 Å². The summed E-state index contributed by atoms with van der Waals surface area (Å²) >= 11 is 6.06. The van der Waals surface area contributed by atoms with Crippen molar-refractivity contribution in [2.24, 2.45) is 0 Å². The first-order valence-electron chi connectivity index (χ1n) is 8.76. The molecule has 3 rings (SSSR count). The van der Waals surface area contributed by atoms with Crippen LogP contribution in [0.15, 0.2) is 48.5 Å². The Hall–Kier alpha value is -2.37. The van der Waals surface area contributed by atoms with Crippen molar-refractivity contribution in [2.75, 3.05) is 42.9 Å². The van der Waals surface area contributed by atoms with E-state index in [1.54, 1.807) is 24.3 Å². The summed E-state index contributed by atoms with van der Waals surface area (Å²) in [5.41, 5.74) is 2.40. The van der Waals surface area contributed by atoms with E-state index in [-0.39, 0.29) is 11.7 Å². The largest absolute Gasteiger partial charge is 0.360 e. The molecule has 1 aliphatic heterocycles. The van der Waals surface area contributed by atoms with Gasteiger partial charge in [-0.1, -0.05) is 29.8 Å². The lowest BCUT2D eigenvalue weighted by Gasteiger charge is -2.33. The van der Waals surface area contributed by atoms with Gasteiger partial charge in [0.25, 0.3) is 5.91 Å². The van der Waals surface area contributed by atoms with Crippen LogP contribution in [0, 0.1) is 0 Å². The number of benzene rings is 2. The molecule has 1 aliphatic rings. The molecule has 1 fully saturated rings. The third-order valence-corrected chi connectivity index (χ3v) is 4.84. The summed E-state index contributed by atoms with van der Waals surface area (Å²) in [7, 11) is 0. The first-order chi connectivity index (χ1) is 12.5. The van der Waals surface area contributed by atoms with E-state index < -0.39 is 0 Å². The molecule has 6 heteroatoms. The smallest absolute Gasteiger partial charge is 0.279 e. The summed E-state index contributed by atoms with van der Waals surface area (Å²) < 4.78 is 0. The molecule has 1 heterocycles. The summed E-state index contributed by atoms with van der Waals surface area (Å²) in [4.78, 5) is 27.3. The van der Waals surface area contributed by atoms with Crippen molar-refractivity contribution in [3.63, 3.8) is 0 Å². The molecule has 2 aromatic rings. The number of quaternary nitrogens is 1. The van der Waals surface area contributed by atoms with Gasteiger partial charge < -0.3 is 15.1 Å². The lowest BCUT2D eigenvalue weighted by atomic mass is 10.1. The predicted octanol–water partition coefficient (Wildman–Crippen LogP) is 1.89. The third-order valence-electron chi connectivity index (χ3n) is 4.61. The summed E-state index contributed by atoms with van der Waals surface area (Å²) in [6.07, 6.45) is 0. The molecule has 0 saturated carbocycles. The van der Waals surface area contributed by atoms with Crippen molar-refractivity contribution in [1.82, 2.24) is 0 Å². The summed E-state index contributed by atoms with van der Waals surface area (Å²) in [5.74, 6) is -0.0410. The van der Waals surface area contributed by atoms with Gasteiger partial charge in [0.15, 0.2) is 12.3 Å². The molecule has 0 unspecified atom stereocenters. The Balaban J connectivity index is 1.50. The van der Waals surface area contributed by atoms with Crippen LogP contribution in [0.3, 0.4) is 0 Å². The average molecular weight is 373 g/mol. The zero-order valence-electron chi connectivity index (χ0n) is 14.8. The van der Waals surface area contributed by atoms with Crippen molar-refractivity contribution < 1.29 is 14.5 Å². The highest BCUT2D eigenvalue weighted by molar-refractivity contribution is 6.30. The van der Waals surface area contributed by atoms with E-state index in [0.717, 1.165) is 36.9 Å². The minimum Gasteiger partial charge on any atom is -0.360 e. The molecule has 0 spiro atoms. The number of amides is 1. The first-order valence-corrected chi connectivity index (χ1v) is 9.14. The maximum Gasteiger partial charge on any atom is 0.279 e. The highest BCUT2D eigenvalue weighted by Crippen LogP contribution is 2.19.